The molecule has 12 heteroatoms. The largest absolute Gasteiger partial charge is 0.416 e. The number of aliphatic hydroxyl groups excluding tert-OH is 1. The average Bonchev–Trinajstić information content (AvgIpc) is 2.85. The first kappa shape index (κ1) is 29.9. The normalized spacial score (nSPS) is 12.4. The molecule has 2 N–H and O–H groups in total. The SMILES string of the molecule is Cc1cc(F)ccc1-c1cc(NCCO)ncc1N(C)C(=O)C(C)(C)c1cc(C(F)(F)F)cc(C(F)(F)F)c1. The van der Waals surface area contributed by atoms with E-state index in [1.165, 1.54) is 45.3 Å². The summed E-state index contributed by atoms with van der Waals surface area (Å²) in [4.78, 5) is 19.0. The van der Waals surface area contributed by atoms with E-state index >= 15 is 0 Å². The van der Waals surface area contributed by atoms with Crippen LogP contribution in [0.5, 0.6) is 0 Å². The van der Waals surface area contributed by atoms with E-state index in [1.54, 1.807) is 13.0 Å². The predicted octanol–water partition coefficient (Wildman–Crippen LogP) is 6.58. The van der Waals surface area contributed by atoms with Gasteiger partial charge < -0.3 is 15.3 Å². The second kappa shape index (κ2) is 10.8. The van der Waals surface area contributed by atoms with Crippen molar-refractivity contribution in [1.29, 1.82) is 0 Å². The molecule has 3 aromatic rings. The first-order valence-corrected chi connectivity index (χ1v) is 11.7. The number of anilines is 2. The molecule has 0 fully saturated rings. The summed E-state index contributed by atoms with van der Waals surface area (Å²) in [5.74, 6) is -0.991. The van der Waals surface area contributed by atoms with Gasteiger partial charge in [0, 0.05) is 19.2 Å². The molecule has 0 unspecified atom stereocenters. The van der Waals surface area contributed by atoms with Crippen molar-refractivity contribution in [2.24, 2.45) is 0 Å². The lowest BCUT2D eigenvalue weighted by molar-refractivity contribution is -0.143. The molecule has 0 bridgehead atoms. The van der Waals surface area contributed by atoms with Gasteiger partial charge in [-0.25, -0.2) is 9.37 Å². The van der Waals surface area contributed by atoms with E-state index in [2.05, 4.69) is 10.3 Å². The maximum atomic E-state index is 13.8. The molecular weight excluding hydrogens is 531 g/mol. The summed E-state index contributed by atoms with van der Waals surface area (Å²) in [7, 11) is 1.32. The van der Waals surface area contributed by atoms with Crippen LogP contribution in [0.4, 0.5) is 42.2 Å². The summed E-state index contributed by atoms with van der Waals surface area (Å²) in [5.41, 5.74) is -3.77. The Balaban J connectivity index is 2.14. The molecule has 3 rings (SSSR count). The van der Waals surface area contributed by atoms with Crippen molar-refractivity contribution < 1.29 is 40.6 Å². The molecule has 0 atom stereocenters. The van der Waals surface area contributed by atoms with Crippen LogP contribution in [0.3, 0.4) is 0 Å². The van der Waals surface area contributed by atoms with Gasteiger partial charge in [0.25, 0.3) is 0 Å². The summed E-state index contributed by atoms with van der Waals surface area (Å²) in [6, 6.07) is 6.58. The third-order valence-electron chi connectivity index (χ3n) is 6.29. The zero-order valence-electron chi connectivity index (χ0n) is 21.4. The number of nitrogens with zero attached hydrogens (tertiary/aromatic N) is 2. The van der Waals surface area contributed by atoms with E-state index in [-0.39, 0.29) is 24.9 Å². The predicted molar refractivity (Wildman–Crippen MR) is 133 cm³/mol. The number of benzene rings is 2. The van der Waals surface area contributed by atoms with Gasteiger partial charge in [-0.2, -0.15) is 26.3 Å². The third-order valence-corrected chi connectivity index (χ3v) is 6.29. The average molecular weight is 558 g/mol. The zero-order chi connectivity index (χ0) is 29.3. The number of aryl methyl sites for hydroxylation is 1. The second-order valence-corrected chi connectivity index (χ2v) is 9.48. The van der Waals surface area contributed by atoms with Gasteiger partial charge >= 0.3 is 12.4 Å². The Hall–Kier alpha value is -3.67. The van der Waals surface area contributed by atoms with Crippen molar-refractivity contribution in [3.63, 3.8) is 0 Å². The Morgan fingerprint density at radius 1 is 0.923 bits per heavy atom. The number of likely N-dealkylation sites (N-methyl/N-ethyl adjacent to an activating group) is 1. The molecule has 0 aliphatic heterocycles. The number of aromatic nitrogens is 1. The van der Waals surface area contributed by atoms with Gasteiger partial charge in [0.15, 0.2) is 0 Å². The maximum Gasteiger partial charge on any atom is 0.416 e. The van der Waals surface area contributed by atoms with Crippen LogP contribution in [0.25, 0.3) is 11.1 Å². The van der Waals surface area contributed by atoms with E-state index < -0.39 is 46.2 Å². The number of rotatable bonds is 7. The highest BCUT2D eigenvalue weighted by molar-refractivity contribution is 6.03. The highest BCUT2D eigenvalue weighted by Gasteiger charge is 2.41. The van der Waals surface area contributed by atoms with Crippen LogP contribution in [-0.4, -0.2) is 36.2 Å². The number of hydrogen-bond donors (Lipinski definition) is 2. The van der Waals surface area contributed by atoms with Gasteiger partial charge in [-0.3, -0.25) is 4.79 Å². The maximum absolute atomic E-state index is 13.8. The summed E-state index contributed by atoms with van der Waals surface area (Å²) in [5, 5.41) is 12.0. The molecule has 5 nitrogen and oxygen atoms in total. The van der Waals surface area contributed by atoms with Crippen LogP contribution in [0.2, 0.25) is 0 Å². The van der Waals surface area contributed by atoms with Gasteiger partial charge in [-0.1, -0.05) is 6.07 Å². The van der Waals surface area contributed by atoms with Crippen LogP contribution in [-0.2, 0) is 22.6 Å². The molecular formula is C27H26F7N3O2. The monoisotopic (exact) mass is 557 g/mol. The number of nitrogens with one attached hydrogen (secondary N) is 1. The summed E-state index contributed by atoms with van der Waals surface area (Å²) < 4.78 is 94.6. The molecule has 0 spiro atoms. The number of hydrogen-bond acceptors (Lipinski definition) is 4. The van der Waals surface area contributed by atoms with E-state index in [1.807, 2.05) is 0 Å². The third kappa shape index (κ3) is 6.49. The van der Waals surface area contributed by atoms with Gasteiger partial charge in [-0.15, -0.1) is 0 Å². The molecule has 1 heterocycles. The minimum atomic E-state index is -5.07. The lowest BCUT2D eigenvalue weighted by atomic mass is 9.81. The second-order valence-electron chi connectivity index (χ2n) is 9.48. The Morgan fingerprint density at radius 3 is 2.00 bits per heavy atom. The molecule has 210 valence electrons. The van der Waals surface area contributed by atoms with Gasteiger partial charge in [0.05, 0.1) is 35.0 Å². The first-order chi connectivity index (χ1) is 18.0. The number of alkyl halides is 6. The van der Waals surface area contributed by atoms with E-state index in [4.69, 9.17) is 5.11 Å². The number of amides is 1. The lowest BCUT2D eigenvalue weighted by Gasteiger charge is -2.32. The zero-order valence-corrected chi connectivity index (χ0v) is 21.4. The fraction of sp³-hybridized carbons (Fsp3) is 0.333. The van der Waals surface area contributed by atoms with Gasteiger partial charge in [-0.05, 0) is 73.9 Å². The summed E-state index contributed by atoms with van der Waals surface area (Å²) in [6.07, 6.45) is -8.84. The van der Waals surface area contributed by atoms with Crippen LogP contribution in [0.1, 0.15) is 36.1 Å². The highest BCUT2D eigenvalue weighted by Crippen LogP contribution is 2.41. The molecule has 0 aliphatic carbocycles. The number of pyridine rings is 1. The standard InChI is InChI=1S/C27H26F7N3O2/c1-15-9-19(28)5-6-20(15)21-13-23(35-7-8-38)36-14-22(21)37(4)24(39)25(2,3)16-10-17(26(29,30)31)12-18(11-16)27(32,33)34/h5-6,9-14,38H,7-8H2,1-4H3,(H,35,36). The molecule has 2 aromatic carbocycles. The smallest absolute Gasteiger partial charge is 0.395 e. The van der Waals surface area contributed by atoms with E-state index in [0.717, 1.165) is 4.90 Å². The van der Waals surface area contributed by atoms with Crippen LogP contribution in [0, 0.1) is 12.7 Å². The Labute approximate surface area is 220 Å². The summed E-state index contributed by atoms with van der Waals surface area (Å²) >= 11 is 0. The topological polar surface area (TPSA) is 65.5 Å². The van der Waals surface area contributed by atoms with Gasteiger partial charge in [0.2, 0.25) is 5.91 Å². The fourth-order valence-corrected chi connectivity index (χ4v) is 4.11. The number of carbonyl (C=O) groups excluding carboxylic acids is 1. The molecule has 1 amide bonds. The van der Waals surface area contributed by atoms with Crippen molar-refractivity contribution >= 4 is 17.4 Å². The Morgan fingerprint density at radius 2 is 1.49 bits per heavy atom. The number of aliphatic hydroxyl groups is 1. The first-order valence-electron chi connectivity index (χ1n) is 11.7. The highest BCUT2D eigenvalue weighted by atomic mass is 19.4. The van der Waals surface area contributed by atoms with Crippen LogP contribution in [0.15, 0.2) is 48.7 Å². The molecule has 0 saturated heterocycles. The fourth-order valence-electron chi connectivity index (χ4n) is 4.11. The van der Waals surface area contributed by atoms with Crippen molar-refractivity contribution in [3.05, 3.63) is 76.7 Å². The van der Waals surface area contributed by atoms with E-state index in [9.17, 15) is 35.5 Å². The van der Waals surface area contributed by atoms with Crippen molar-refractivity contribution in [2.75, 3.05) is 30.4 Å². The van der Waals surface area contributed by atoms with Crippen molar-refractivity contribution in [1.82, 2.24) is 4.98 Å². The van der Waals surface area contributed by atoms with Crippen molar-refractivity contribution in [2.45, 2.75) is 38.5 Å². The molecule has 39 heavy (non-hydrogen) atoms. The summed E-state index contributed by atoms with van der Waals surface area (Å²) in [6.45, 7) is 4.06. The van der Waals surface area contributed by atoms with Crippen LogP contribution < -0.4 is 10.2 Å². The van der Waals surface area contributed by atoms with E-state index in [0.29, 0.717) is 34.6 Å². The minimum Gasteiger partial charge on any atom is -0.395 e. The van der Waals surface area contributed by atoms with Gasteiger partial charge in [0.1, 0.15) is 11.6 Å². The number of carbonyl (C=O) groups is 1. The number of halogens is 7. The molecule has 0 aliphatic rings. The Kier molecular flexibility index (Phi) is 8.30. The van der Waals surface area contributed by atoms with Crippen molar-refractivity contribution in [3.8, 4) is 11.1 Å². The lowest BCUT2D eigenvalue weighted by Crippen LogP contribution is -2.42. The molecule has 0 radical (unpaired) electrons. The van der Waals surface area contributed by atoms with Crippen LogP contribution >= 0.6 is 0 Å². The minimum absolute atomic E-state index is 0.00517. The molecule has 1 aromatic heterocycles. The Bertz CT molecular complexity index is 1340. The quantitative estimate of drug-likeness (QED) is 0.322. The molecule has 0 saturated carbocycles.